The van der Waals surface area contributed by atoms with Crippen molar-refractivity contribution < 1.29 is 4.74 Å². The highest BCUT2D eigenvalue weighted by Gasteiger charge is 2.31. The van der Waals surface area contributed by atoms with Crippen molar-refractivity contribution >= 4 is 0 Å². The standard InChI is InChI=1S/C17H33NO/c1-16(2,3)15-8-6-14(7-9-15)12-18-13-17(4)10-5-11-19-17/h14-15,18H,5-13H2,1-4H3. The van der Waals surface area contributed by atoms with Crippen LogP contribution in [0.15, 0.2) is 0 Å². The van der Waals surface area contributed by atoms with Crippen LogP contribution >= 0.6 is 0 Å². The van der Waals surface area contributed by atoms with Gasteiger partial charge in [-0.2, -0.15) is 0 Å². The Morgan fingerprint density at radius 1 is 1.16 bits per heavy atom. The lowest BCUT2D eigenvalue weighted by atomic mass is 9.70. The normalized spacial score (nSPS) is 36.6. The Balaban J connectivity index is 1.63. The fraction of sp³-hybridized carbons (Fsp3) is 1.00. The van der Waals surface area contributed by atoms with Crippen molar-refractivity contribution in [2.75, 3.05) is 19.7 Å². The molecule has 2 heteroatoms. The molecule has 0 radical (unpaired) electrons. The van der Waals surface area contributed by atoms with Crippen LogP contribution in [-0.2, 0) is 4.74 Å². The Kier molecular flexibility index (Phi) is 4.94. The molecular weight excluding hydrogens is 234 g/mol. The molecule has 2 nitrogen and oxygen atoms in total. The van der Waals surface area contributed by atoms with Crippen LogP contribution in [0.5, 0.6) is 0 Å². The van der Waals surface area contributed by atoms with Gasteiger partial charge in [0, 0.05) is 13.2 Å². The zero-order chi connectivity index (χ0) is 13.9. The van der Waals surface area contributed by atoms with E-state index in [1.165, 1.54) is 45.1 Å². The zero-order valence-corrected chi connectivity index (χ0v) is 13.4. The minimum atomic E-state index is 0.114. The van der Waals surface area contributed by atoms with Crippen molar-refractivity contribution in [3.05, 3.63) is 0 Å². The third kappa shape index (κ3) is 4.46. The van der Waals surface area contributed by atoms with Crippen LogP contribution < -0.4 is 5.32 Å². The smallest absolute Gasteiger partial charge is 0.0779 e. The maximum atomic E-state index is 5.83. The van der Waals surface area contributed by atoms with Gasteiger partial charge in [-0.15, -0.1) is 0 Å². The molecule has 2 aliphatic rings. The summed E-state index contributed by atoms with van der Waals surface area (Å²) in [5.74, 6) is 1.82. The number of ether oxygens (including phenoxy) is 1. The first-order valence-electron chi connectivity index (χ1n) is 8.24. The van der Waals surface area contributed by atoms with E-state index in [1.807, 2.05) is 0 Å². The van der Waals surface area contributed by atoms with Crippen LogP contribution in [0, 0.1) is 17.3 Å². The summed E-state index contributed by atoms with van der Waals surface area (Å²) < 4.78 is 5.83. The van der Waals surface area contributed by atoms with Crippen molar-refractivity contribution in [2.24, 2.45) is 17.3 Å². The Labute approximate surface area is 119 Å². The molecule has 0 bridgehead atoms. The first kappa shape index (κ1) is 15.3. The first-order chi connectivity index (χ1) is 8.89. The van der Waals surface area contributed by atoms with E-state index in [9.17, 15) is 0 Å². The van der Waals surface area contributed by atoms with Gasteiger partial charge in [0.1, 0.15) is 0 Å². The maximum absolute atomic E-state index is 5.83. The first-order valence-corrected chi connectivity index (χ1v) is 8.24. The average molecular weight is 267 g/mol. The van der Waals surface area contributed by atoms with Gasteiger partial charge in [0.05, 0.1) is 5.60 Å². The molecule has 1 atom stereocenters. The third-order valence-corrected chi connectivity index (χ3v) is 5.30. The lowest BCUT2D eigenvalue weighted by Crippen LogP contribution is -2.40. The molecule has 19 heavy (non-hydrogen) atoms. The van der Waals surface area contributed by atoms with E-state index < -0.39 is 0 Å². The topological polar surface area (TPSA) is 21.3 Å². The van der Waals surface area contributed by atoms with Crippen LogP contribution in [0.1, 0.15) is 66.2 Å². The molecule has 1 unspecified atom stereocenters. The van der Waals surface area contributed by atoms with Gasteiger partial charge in [0.25, 0.3) is 0 Å². The Morgan fingerprint density at radius 3 is 2.37 bits per heavy atom. The molecule has 1 aliphatic carbocycles. The predicted molar refractivity (Wildman–Crippen MR) is 81.4 cm³/mol. The highest BCUT2D eigenvalue weighted by atomic mass is 16.5. The minimum Gasteiger partial charge on any atom is -0.374 e. The van der Waals surface area contributed by atoms with Gasteiger partial charge in [-0.3, -0.25) is 0 Å². The second-order valence-corrected chi connectivity index (χ2v) is 8.12. The van der Waals surface area contributed by atoms with Gasteiger partial charge in [-0.1, -0.05) is 20.8 Å². The van der Waals surface area contributed by atoms with E-state index in [0.717, 1.165) is 25.0 Å². The molecule has 1 saturated heterocycles. The fourth-order valence-electron chi connectivity index (χ4n) is 3.75. The van der Waals surface area contributed by atoms with Crippen molar-refractivity contribution in [2.45, 2.75) is 71.8 Å². The molecule has 0 spiro atoms. The monoisotopic (exact) mass is 267 g/mol. The van der Waals surface area contributed by atoms with Crippen LogP contribution in [0.3, 0.4) is 0 Å². The minimum absolute atomic E-state index is 0.114. The summed E-state index contributed by atoms with van der Waals surface area (Å²) in [6.07, 6.45) is 8.11. The van der Waals surface area contributed by atoms with Crippen LogP contribution in [0.25, 0.3) is 0 Å². The lowest BCUT2D eigenvalue weighted by molar-refractivity contribution is 0.0196. The van der Waals surface area contributed by atoms with E-state index in [2.05, 4.69) is 33.0 Å². The van der Waals surface area contributed by atoms with Crippen molar-refractivity contribution in [1.82, 2.24) is 5.32 Å². The van der Waals surface area contributed by atoms with Gasteiger partial charge in [0.15, 0.2) is 0 Å². The molecule has 0 aromatic heterocycles. The van der Waals surface area contributed by atoms with E-state index in [-0.39, 0.29) is 5.60 Å². The van der Waals surface area contributed by atoms with Gasteiger partial charge in [-0.25, -0.2) is 0 Å². The second-order valence-electron chi connectivity index (χ2n) is 8.12. The molecule has 112 valence electrons. The molecule has 1 saturated carbocycles. The molecule has 1 aliphatic heterocycles. The number of nitrogens with one attached hydrogen (secondary N) is 1. The van der Waals surface area contributed by atoms with Gasteiger partial charge >= 0.3 is 0 Å². The van der Waals surface area contributed by atoms with E-state index >= 15 is 0 Å². The molecule has 2 fully saturated rings. The lowest BCUT2D eigenvalue weighted by Gasteiger charge is -2.37. The van der Waals surface area contributed by atoms with E-state index in [1.54, 1.807) is 0 Å². The van der Waals surface area contributed by atoms with Crippen molar-refractivity contribution in [3.8, 4) is 0 Å². The molecule has 0 aromatic rings. The molecule has 1 N–H and O–H groups in total. The molecule has 0 amide bonds. The molecule has 1 heterocycles. The molecular formula is C17H33NO. The molecule has 0 aromatic carbocycles. The Hall–Kier alpha value is -0.0800. The van der Waals surface area contributed by atoms with E-state index in [4.69, 9.17) is 4.74 Å². The van der Waals surface area contributed by atoms with Gasteiger partial charge < -0.3 is 10.1 Å². The number of rotatable bonds is 4. The summed E-state index contributed by atoms with van der Waals surface area (Å²) in [6, 6.07) is 0. The summed E-state index contributed by atoms with van der Waals surface area (Å²) in [7, 11) is 0. The second kappa shape index (κ2) is 6.13. The fourth-order valence-corrected chi connectivity index (χ4v) is 3.75. The third-order valence-electron chi connectivity index (χ3n) is 5.30. The molecule has 2 rings (SSSR count). The quantitative estimate of drug-likeness (QED) is 0.831. The van der Waals surface area contributed by atoms with Crippen LogP contribution in [0.4, 0.5) is 0 Å². The SMILES string of the molecule is CC1(CNCC2CCC(C(C)(C)C)CC2)CCCO1. The number of hydrogen-bond acceptors (Lipinski definition) is 2. The highest BCUT2D eigenvalue weighted by molar-refractivity contribution is 4.84. The zero-order valence-electron chi connectivity index (χ0n) is 13.4. The Bertz CT molecular complexity index is 267. The summed E-state index contributed by atoms with van der Waals surface area (Å²) in [5.41, 5.74) is 0.617. The van der Waals surface area contributed by atoms with Crippen LogP contribution in [-0.4, -0.2) is 25.3 Å². The maximum Gasteiger partial charge on any atom is 0.0779 e. The van der Waals surface area contributed by atoms with Gasteiger partial charge in [0.2, 0.25) is 0 Å². The number of hydrogen-bond donors (Lipinski definition) is 1. The van der Waals surface area contributed by atoms with Gasteiger partial charge in [-0.05, 0) is 69.2 Å². The summed E-state index contributed by atoms with van der Waals surface area (Å²) in [5, 5.41) is 3.67. The van der Waals surface area contributed by atoms with Crippen molar-refractivity contribution in [3.63, 3.8) is 0 Å². The van der Waals surface area contributed by atoms with E-state index in [0.29, 0.717) is 5.41 Å². The summed E-state index contributed by atoms with van der Waals surface area (Å²) >= 11 is 0. The Morgan fingerprint density at radius 2 is 1.84 bits per heavy atom. The highest BCUT2D eigenvalue weighted by Crippen LogP contribution is 2.39. The largest absolute Gasteiger partial charge is 0.374 e. The summed E-state index contributed by atoms with van der Waals surface area (Å²) in [6.45, 7) is 12.6. The predicted octanol–water partition coefficient (Wildman–Crippen LogP) is 4.00. The summed E-state index contributed by atoms with van der Waals surface area (Å²) in [4.78, 5) is 0. The van der Waals surface area contributed by atoms with Crippen molar-refractivity contribution in [1.29, 1.82) is 0 Å². The average Bonchev–Trinajstić information content (AvgIpc) is 2.76. The van der Waals surface area contributed by atoms with Crippen LogP contribution in [0.2, 0.25) is 0 Å².